The Hall–Kier alpha value is -1.79. The minimum Gasteiger partial charge on any atom is -0.493 e. The summed E-state index contributed by atoms with van der Waals surface area (Å²) in [6, 6.07) is 4.44. The number of amides is 1. The van der Waals surface area contributed by atoms with E-state index in [-0.39, 0.29) is 5.91 Å². The molecule has 1 heterocycles. The van der Waals surface area contributed by atoms with E-state index in [2.05, 4.69) is 35.0 Å². The molecule has 3 rings (SSSR count). The van der Waals surface area contributed by atoms with Crippen LogP contribution in [0.1, 0.15) is 30.9 Å². The smallest absolute Gasteiger partial charge is 0.234 e. The van der Waals surface area contributed by atoms with E-state index in [9.17, 15) is 4.79 Å². The van der Waals surface area contributed by atoms with Gasteiger partial charge in [-0.1, -0.05) is 0 Å². The Morgan fingerprint density at radius 2 is 1.70 bits per heavy atom. The summed E-state index contributed by atoms with van der Waals surface area (Å²) in [7, 11) is 3.34. The maximum Gasteiger partial charge on any atom is 0.234 e. The second-order valence-electron chi connectivity index (χ2n) is 7.88. The summed E-state index contributed by atoms with van der Waals surface area (Å²) in [6.45, 7) is 9.44. The number of hydrogen-bond acceptors (Lipinski definition) is 5. The fraction of sp³-hybridized carbons (Fsp3) is 0.667. The zero-order valence-corrected chi connectivity index (χ0v) is 17.1. The van der Waals surface area contributed by atoms with Crippen LogP contribution in [0.25, 0.3) is 0 Å². The Kier molecular flexibility index (Phi) is 6.60. The molecule has 1 aromatic carbocycles. The van der Waals surface area contributed by atoms with Crippen molar-refractivity contribution in [3.63, 3.8) is 0 Å². The highest BCUT2D eigenvalue weighted by Gasteiger charge is 2.29. The Morgan fingerprint density at radius 1 is 1.11 bits per heavy atom. The molecule has 2 fully saturated rings. The molecule has 6 heteroatoms. The molecule has 0 bridgehead atoms. The van der Waals surface area contributed by atoms with Crippen LogP contribution in [0.3, 0.4) is 0 Å². The molecule has 1 amide bonds. The lowest BCUT2D eigenvalue weighted by atomic mass is 10.1. The molecule has 6 nitrogen and oxygen atoms in total. The number of nitrogens with zero attached hydrogens (tertiary/aromatic N) is 2. The number of nitrogens with one attached hydrogen (secondary N) is 1. The van der Waals surface area contributed by atoms with Gasteiger partial charge in [0.1, 0.15) is 0 Å². The molecule has 0 unspecified atom stereocenters. The van der Waals surface area contributed by atoms with Gasteiger partial charge >= 0.3 is 0 Å². The van der Waals surface area contributed by atoms with E-state index < -0.39 is 0 Å². The molecule has 1 atom stereocenters. The maximum atomic E-state index is 12.2. The molecular weight excluding hydrogens is 342 g/mol. The number of ether oxygens (including phenoxy) is 2. The minimum absolute atomic E-state index is 0.165. The first kappa shape index (κ1) is 20.0. The van der Waals surface area contributed by atoms with Crippen molar-refractivity contribution < 1.29 is 14.3 Å². The fourth-order valence-corrected chi connectivity index (χ4v) is 3.76. The lowest BCUT2D eigenvalue weighted by molar-refractivity contribution is -0.123. The molecule has 1 N–H and O–H groups in total. The highest BCUT2D eigenvalue weighted by Crippen LogP contribution is 2.32. The quantitative estimate of drug-likeness (QED) is 0.754. The average molecular weight is 376 g/mol. The van der Waals surface area contributed by atoms with E-state index in [1.165, 1.54) is 24.0 Å². The summed E-state index contributed by atoms with van der Waals surface area (Å²) >= 11 is 0. The zero-order chi connectivity index (χ0) is 19.4. The van der Waals surface area contributed by atoms with Crippen LogP contribution in [0.5, 0.6) is 11.5 Å². The van der Waals surface area contributed by atoms with Gasteiger partial charge in [-0.25, -0.2) is 0 Å². The minimum atomic E-state index is 0.165. The van der Waals surface area contributed by atoms with Crippen molar-refractivity contribution in [3.8, 4) is 11.5 Å². The van der Waals surface area contributed by atoms with Crippen LogP contribution in [0, 0.1) is 12.8 Å². The van der Waals surface area contributed by atoms with Gasteiger partial charge in [0.05, 0.1) is 20.8 Å². The summed E-state index contributed by atoms with van der Waals surface area (Å²) in [6.07, 6.45) is 2.52. The Bertz CT molecular complexity index is 652. The van der Waals surface area contributed by atoms with Gasteiger partial charge in [-0.2, -0.15) is 0 Å². The third kappa shape index (κ3) is 5.36. The van der Waals surface area contributed by atoms with E-state index in [0.29, 0.717) is 18.5 Å². The Balaban J connectivity index is 1.47. The van der Waals surface area contributed by atoms with E-state index in [1.807, 2.05) is 6.07 Å². The van der Waals surface area contributed by atoms with Crippen LogP contribution in [0.15, 0.2) is 12.1 Å². The van der Waals surface area contributed by atoms with Gasteiger partial charge in [-0.05, 0) is 55.9 Å². The predicted octanol–water partition coefficient (Wildman–Crippen LogP) is 2.04. The number of hydrogen-bond donors (Lipinski definition) is 1. The second kappa shape index (κ2) is 8.93. The first-order chi connectivity index (χ1) is 13.0. The topological polar surface area (TPSA) is 54.0 Å². The highest BCUT2D eigenvalue weighted by molar-refractivity contribution is 5.78. The second-order valence-corrected chi connectivity index (χ2v) is 7.88. The van der Waals surface area contributed by atoms with Crippen molar-refractivity contribution in [1.82, 2.24) is 15.1 Å². The number of benzene rings is 1. The monoisotopic (exact) mass is 375 g/mol. The molecule has 0 radical (unpaired) electrons. The van der Waals surface area contributed by atoms with Gasteiger partial charge < -0.3 is 14.8 Å². The third-order valence-electron chi connectivity index (χ3n) is 5.79. The molecule has 1 saturated carbocycles. The van der Waals surface area contributed by atoms with Crippen LogP contribution < -0.4 is 14.8 Å². The standard InChI is InChI=1S/C21H33N3O3/c1-15-11-19(26-3)20(27-4)12-18(15)13-23-7-9-24(10-8-23)14-21(25)22-16(2)17-5-6-17/h11-12,16-17H,5-10,13-14H2,1-4H3,(H,22,25)/t16-/m0/s1. The van der Waals surface area contributed by atoms with Gasteiger partial charge in [0.2, 0.25) is 5.91 Å². The molecular formula is C21H33N3O3. The molecule has 27 heavy (non-hydrogen) atoms. The van der Waals surface area contributed by atoms with Crippen molar-refractivity contribution in [3.05, 3.63) is 23.3 Å². The summed E-state index contributed by atoms with van der Waals surface area (Å²) < 4.78 is 10.8. The predicted molar refractivity (Wildman–Crippen MR) is 106 cm³/mol. The maximum absolute atomic E-state index is 12.2. The van der Waals surface area contributed by atoms with E-state index in [0.717, 1.165) is 44.2 Å². The summed E-state index contributed by atoms with van der Waals surface area (Å²) in [5, 5.41) is 3.15. The van der Waals surface area contributed by atoms with Crippen LogP contribution in [-0.2, 0) is 11.3 Å². The SMILES string of the molecule is COc1cc(C)c(CN2CCN(CC(=O)N[C@@H](C)C3CC3)CC2)cc1OC. The fourth-order valence-electron chi connectivity index (χ4n) is 3.76. The molecule has 1 saturated heterocycles. The van der Waals surface area contributed by atoms with Crippen LogP contribution in [0.4, 0.5) is 0 Å². The van der Waals surface area contributed by atoms with Crippen LogP contribution >= 0.6 is 0 Å². The largest absolute Gasteiger partial charge is 0.493 e. The van der Waals surface area contributed by atoms with E-state index in [1.54, 1.807) is 14.2 Å². The summed E-state index contributed by atoms with van der Waals surface area (Å²) in [5.74, 6) is 2.42. The lowest BCUT2D eigenvalue weighted by Crippen LogP contribution is -2.50. The van der Waals surface area contributed by atoms with Crippen molar-refractivity contribution in [2.45, 2.75) is 39.3 Å². The molecule has 0 aromatic heterocycles. The van der Waals surface area contributed by atoms with Gasteiger partial charge in [0.15, 0.2) is 11.5 Å². The van der Waals surface area contributed by atoms with Crippen LogP contribution in [0.2, 0.25) is 0 Å². The van der Waals surface area contributed by atoms with E-state index in [4.69, 9.17) is 9.47 Å². The number of methoxy groups -OCH3 is 2. The Morgan fingerprint density at radius 3 is 2.30 bits per heavy atom. The zero-order valence-electron chi connectivity index (χ0n) is 17.1. The number of carbonyl (C=O) groups is 1. The first-order valence-corrected chi connectivity index (χ1v) is 9.95. The Labute approximate surface area is 162 Å². The molecule has 1 aliphatic carbocycles. The molecule has 1 aliphatic heterocycles. The number of piperazine rings is 1. The lowest BCUT2D eigenvalue weighted by Gasteiger charge is -2.34. The van der Waals surface area contributed by atoms with E-state index >= 15 is 0 Å². The van der Waals surface area contributed by atoms with Crippen LogP contribution in [-0.4, -0.2) is 68.7 Å². The average Bonchev–Trinajstić information content (AvgIpc) is 3.49. The summed E-state index contributed by atoms with van der Waals surface area (Å²) in [5.41, 5.74) is 2.47. The highest BCUT2D eigenvalue weighted by atomic mass is 16.5. The molecule has 1 aromatic rings. The molecule has 0 spiro atoms. The molecule has 2 aliphatic rings. The van der Waals surface area contributed by atoms with Crippen molar-refractivity contribution in [1.29, 1.82) is 0 Å². The third-order valence-corrected chi connectivity index (χ3v) is 5.79. The number of carbonyl (C=O) groups excluding carboxylic acids is 1. The number of aryl methyl sites for hydroxylation is 1. The van der Waals surface area contributed by atoms with Gasteiger partial charge in [-0.3, -0.25) is 14.6 Å². The summed E-state index contributed by atoms with van der Waals surface area (Å²) in [4.78, 5) is 16.9. The first-order valence-electron chi connectivity index (χ1n) is 9.95. The van der Waals surface area contributed by atoms with Crippen molar-refractivity contribution in [2.24, 2.45) is 5.92 Å². The normalized spacial score (nSPS) is 19.6. The molecule has 150 valence electrons. The van der Waals surface area contributed by atoms with Gasteiger partial charge in [0, 0.05) is 38.8 Å². The van der Waals surface area contributed by atoms with Gasteiger partial charge in [0.25, 0.3) is 0 Å². The number of rotatable bonds is 8. The van der Waals surface area contributed by atoms with Crippen molar-refractivity contribution >= 4 is 5.91 Å². The van der Waals surface area contributed by atoms with Crippen molar-refractivity contribution in [2.75, 3.05) is 46.9 Å². The van der Waals surface area contributed by atoms with Gasteiger partial charge in [-0.15, -0.1) is 0 Å².